The molecule has 0 atom stereocenters. The molecule has 0 bridgehead atoms. The van der Waals surface area contributed by atoms with Crippen LogP contribution in [-0.4, -0.2) is 76.4 Å². The van der Waals surface area contributed by atoms with E-state index < -0.39 is 11.5 Å². The van der Waals surface area contributed by atoms with Crippen molar-refractivity contribution in [3.05, 3.63) is 59.9 Å². The van der Waals surface area contributed by atoms with Gasteiger partial charge in [-0.3, -0.25) is 9.78 Å². The number of amides is 1. The highest BCUT2D eigenvalue weighted by molar-refractivity contribution is 6.00. The van der Waals surface area contributed by atoms with Crippen molar-refractivity contribution in [3.8, 4) is 5.75 Å². The molecule has 0 radical (unpaired) electrons. The van der Waals surface area contributed by atoms with Crippen LogP contribution in [0.2, 0.25) is 0 Å². The minimum Gasteiger partial charge on any atom is -0.497 e. The van der Waals surface area contributed by atoms with Crippen molar-refractivity contribution < 1.29 is 19.4 Å². The van der Waals surface area contributed by atoms with E-state index >= 15 is 0 Å². The molecule has 2 fully saturated rings. The maximum atomic E-state index is 12.9. The number of rotatable bonds is 5. The van der Waals surface area contributed by atoms with Crippen LogP contribution in [0, 0.1) is 0 Å². The fourth-order valence-electron chi connectivity index (χ4n) is 3.54. The second kappa shape index (κ2) is 8.14. The number of hydrogen-bond donors (Lipinski definition) is 1. The number of amidine groups is 1. The number of carboxylic acid groups (broad SMARTS) is 1. The maximum absolute atomic E-state index is 12.9. The Kier molecular flexibility index (Phi) is 5.39. The van der Waals surface area contributed by atoms with Crippen molar-refractivity contribution in [2.75, 3.05) is 33.3 Å². The molecule has 2 aliphatic rings. The molecular weight excluding hydrogens is 384 g/mol. The van der Waals surface area contributed by atoms with Crippen molar-refractivity contribution in [1.29, 1.82) is 0 Å². The van der Waals surface area contributed by atoms with Crippen molar-refractivity contribution in [3.63, 3.8) is 0 Å². The zero-order chi connectivity index (χ0) is 21.1. The number of methoxy groups -OCH3 is 1. The summed E-state index contributed by atoms with van der Waals surface area (Å²) >= 11 is 0. The lowest BCUT2D eigenvalue weighted by Gasteiger charge is -2.36. The Bertz CT molecular complexity index is 964. The Balaban J connectivity index is 1.51. The summed E-state index contributed by atoms with van der Waals surface area (Å²) in [6, 6.07) is 12.6. The maximum Gasteiger partial charge on any atom is 0.331 e. The number of ether oxygens (including phenoxy) is 1. The van der Waals surface area contributed by atoms with Gasteiger partial charge in [-0.25, -0.2) is 9.79 Å². The molecule has 0 spiro atoms. The largest absolute Gasteiger partial charge is 0.497 e. The fraction of sp³-hybridized carbons (Fsp3) is 0.364. The number of carbonyl (C=O) groups excluding carboxylic acids is 1. The molecule has 30 heavy (non-hydrogen) atoms. The van der Waals surface area contributed by atoms with Crippen LogP contribution in [0.4, 0.5) is 0 Å². The van der Waals surface area contributed by atoms with Crippen LogP contribution >= 0.6 is 0 Å². The van der Waals surface area contributed by atoms with E-state index in [1.807, 2.05) is 23.1 Å². The smallest absolute Gasteiger partial charge is 0.331 e. The van der Waals surface area contributed by atoms with E-state index in [1.165, 1.54) is 0 Å². The predicted molar refractivity (Wildman–Crippen MR) is 111 cm³/mol. The molecular formula is C22H24N4O4. The van der Waals surface area contributed by atoms with E-state index in [4.69, 9.17) is 4.74 Å². The third-order valence-electron chi connectivity index (χ3n) is 5.52. The molecule has 0 unspecified atom stereocenters. The van der Waals surface area contributed by atoms with Crippen LogP contribution in [0.25, 0.3) is 0 Å². The molecule has 1 N–H and O–H groups in total. The lowest BCUT2D eigenvalue weighted by molar-refractivity contribution is -0.139. The van der Waals surface area contributed by atoms with Gasteiger partial charge in [-0.15, -0.1) is 0 Å². The second-order valence-electron chi connectivity index (χ2n) is 7.50. The van der Waals surface area contributed by atoms with Gasteiger partial charge in [-0.2, -0.15) is 0 Å². The van der Waals surface area contributed by atoms with Crippen LogP contribution in [0.3, 0.4) is 0 Å². The summed E-state index contributed by atoms with van der Waals surface area (Å²) in [5.41, 5.74) is 0.197. The standard InChI is InChI=1S/C22H24N4O4/c1-30-17-6-4-5-16(15-17)20(27)26-13-11-25(12-14-26)19(18-7-2-3-10-23-18)24-22(8-9-22)21(28)29/h2-7,10,15H,8-9,11-14H2,1H3,(H,28,29). The fourth-order valence-corrected chi connectivity index (χ4v) is 3.54. The number of aromatic nitrogens is 1. The Labute approximate surface area is 174 Å². The van der Waals surface area contributed by atoms with Gasteiger partial charge in [0.05, 0.1) is 7.11 Å². The van der Waals surface area contributed by atoms with Crippen LogP contribution in [0.5, 0.6) is 5.75 Å². The lowest BCUT2D eigenvalue weighted by Crippen LogP contribution is -2.51. The highest BCUT2D eigenvalue weighted by Gasteiger charge is 2.51. The molecule has 1 aliphatic heterocycles. The monoisotopic (exact) mass is 408 g/mol. The SMILES string of the molecule is COc1cccc(C(=O)N2CCN(C(=NC3(C(=O)O)CC3)c3ccccn3)CC2)c1. The molecule has 156 valence electrons. The number of carbonyl (C=O) groups is 2. The van der Waals surface area contributed by atoms with Gasteiger partial charge in [0.25, 0.3) is 5.91 Å². The number of benzene rings is 1. The van der Waals surface area contributed by atoms with Gasteiger partial charge in [-0.1, -0.05) is 12.1 Å². The zero-order valence-electron chi connectivity index (χ0n) is 16.8. The molecule has 4 rings (SSSR count). The van der Waals surface area contributed by atoms with Crippen LogP contribution in [0.15, 0.2) is 53.7 Å². The summed E-state index contributed by atoms with van der Waals surface area (Å²) in [6.07, 6.45) is 2.74. The van der Waals surface area contributed by atoms with E-state index in [2.05, 4.69) is 9.98 Å². The average molecular weight is 408 g/mol. The van der Waals surface area contributed by atoms with E-state index in [-0.39, 0.29) is 5.91 Å². The molecule has 1 aliphatic carbocycles. The van der Waals surface area contributed by atoms with Gasteiger partial charge in [-0.05, 0) is 43.2 Å². The number of hydrogen-bond acceptors (Lipinski definition) is 5. The topological polar surface area (TPSA) is 95.3 Å². The van der Waals surface area contributed by atoms with Gasteiger partial charge in [0.2, 0.25) is 0 Å². The first-order valence-corrected chi connectivity index (χ1v) is 9.95. The zero-order valence-corrected chi connectivity index (χ0v) is 16.8. The van der Waals surface area contributed by atoms with Gasteiger partial charge in [0, 0.05) is 37.9 Å². The van der Waals surface area contributed by atoms with Crippen molar-refractivity contribution >= 4 is 17.7 Å². The van der Waals surface area contributed by atoms with E-state index in [9.17, 15) is 14.7 Å². The van der Waals surface area contributed by atoms with Crippen molar-refractivity contribution in [2.24, 2.45) is 4.99 Å². The highest BCUT2D eigenvalue weighted by Crippen LogP contribution is 2.40. The third-order valence-corrected chi connectivity index (χ3v) is 5.52. The van der Waals surface area contributed by atoms with Gasteiger partial charge >= 0.3 is 5.97 Å². The summed E-state index contributed by atoms with van der Waals surface area (Å²) in [6.45, 7) is 2.14. The van der Waals surface area contributed by atoms with E-state index in [0.717, 1.165) is 0 Å². The molecule has 1 saturated carbocycles. The number of aliphatic carboxylic acids is 1. The first-order chi connectivity index (χ1) is 14.5. The molecule has 1 aromatic heterocycles. The molecule has 2 aromatic rings. The highest BCUT2D eigenvalue weighted by atomic mass is 16.5. The number of pyridine rings is 1. The van der Waals surface area contributed by atoms with Crippen LogP contribution < -0.4 is 4.74 Å². The van der Waals surface area contributed by atoms with Crippen LogP contribution in [0.1, 0.15) is 28.9 Å². The molecule has 1 saturated heterocycles. The molecule has 8 nitrogen and oxygen atoms in total. The number of piperazine rings is 1. The molecule has 1 amide bonds. The van der Waals surface area contributed by atoms with E-state index in [0.29, 0.717) is 61.9 Å². The Morgan fingerprint density at radius 3 is 2.40 bits per heavy atom. The molecule has 2 heterocycles. The lowest BCUT2D eigenvalue weighted by atomic mass is 10.1. The van der Waals surface area contributed by atoms with Gasteiger partial charge < -0.3 is 19.6 Å². The minimum absolute atomic E-state index is 0.0472. The third kappa shape index (κ3) is 3.98. The summed E-state index contributed by atoms with van der Waals surface area (Å²) in [4.78, 5) is 37.4. The first-order valence-electron chi connectivity index (χ1n) is 9.95. The second-order valence-corrected chi connectivity index (χ2v) is 7.50. The van der Waals surface area contributed by atoms with E-state index in [1.54, 1.807) is 42.5 Å². The minimum atomic E-state index is -1.04. The van der Waals surface area contributed by atoms with Gasteiger partial charge in [0.1, 0.15) is 11.4 Å². The quantitative estimate of drug-likeness (QED) is 0.600. The van der Waals surface area contributed by atoms with Crippen LogP contribution in [-0.2, 0) is 4.79 Å². The average Bonchev–Trinajstić information content (AvgIpc) is 3.59. The Morgan fingerprint density at radius 2 is 1.80 bits per heavy atom. The number of aliphatic imine (C=N–C) groups is 1. The molecule has 1 aromatic carbocycles. The van der Waals surface area contributed by atoms with Gasteiger partial charge in [0.15, 0.2) is 11.4 Å². The normalized spacial score (nSPS) is 18.1. The number of carboxylic acids is 1. The Hall–Kier alpha value is -3.42. The van der Waals surface area contributed by atoms with Crippen molar-refractivity contribution in [2.45, 2.75) is 18.4 Å². The summed E-state index contributed by atoms with van der Waals surface area (Å²) in [5.74, 6) is 0.285. The van der Waals surface area contributed by atoms with Crippen molar-refractivity contribution in [1.82, 2.24) is 14.8 Å². The Morgan fingerprint density at radius 1 is 1.07 bits per heavy atom. The summed E-state index contributed by atoms with van der Waals surface area (Å²) < 4.78 is 5.21. The number of nitrogens with zero attached hydrogens (tertiary/aromatic N) is 4. The first kappa shape index (κ1) is 19.9. The molecule has 8 heteroatoms. The summed E-state index contributed by atoms with van der Waals surface area (Å²) in [5, 5.41) is 9.57. The predicted octanol–water partition coefficient (Wildman–Crippen LogP) is 1.91. The summed E-state index contributed by atoms with van der Waals surface area (Å²) in [7, 11) is 1.57.